The second-order valence-corrected chi connectivity index (χ2v) is 5.18. The predicted octanol–water partition coefficient (Wildman–Crippen LogP) is 1.70. The number of amides is 1. The van der Waals surface area contributed by atoms with Crippen LogP contribution in [-0.4, -0.2) is 46.7 Å². The fourth-order valence-corrected chi connectivity index (χ4v) is 2.66. The van der Waals surface area contributed by atoms with Crippen LogP contribution in [0, 0.1) is 0 Å². The number of nitrogens with zero attached hydrogens (tertiary/aromatic N) is 1. The van der Waals surface area contributed by atoms with Crippen molar-refractivity contribution in [2.75, 3.05) is 19.6 Å². The third kappa shape index (κ3) is 3.22. The minimum absolute atomic E-state index is 0.0389. The van der Waals surface area contributed by atoms with Crippen molar-refractivity contribution in [1.82, 2.24) is 10.2 Å². The summed E-state index contributed by atoms with van der Waals surface area (Å²) in [5, 5.41) is 22.5. The molecule has 20 heavy (non-hydrogen) atoms. The highest BCUT2D eigenvalue weighted by molar-refractivity contribution is 5.97. The van der Waals surface area contributed by atoms with Gasteiger partial charge in [0.1, 0.15) is 11.5 Å². The van der Waals surface area contributed by atoms with E-state index in [1.807, 2.05) is 11.8 Å². The molecule has 3 N–H and O–H groups in total. The van der Waals surface area contributed by atoms with Crippen molar-refractivity contribution in [1.29, 1.82) is 0 Å². The second kappa shape index (κ2) is 6.61. The summed E-state index contributed by atoms with van der Waals surface area (Å²) in [5.41, 5.74) is 0.259. The van der Waals surface area contributed by atoms with Gasteiger partial charge in [0.15, 0.2) is 0 Å². The van der Waals surface area contributed by atoms with E-state index in [2.05, 4.69) is 5.32 Å². The maximum absolute atomic E-state index is 12.6. The van der Waals surface area contributed by atoms with Gasteiger partial charge in [-0.2, -0.15) is 0 Å². The molecule has 1 aliphatic rings. The fraction of sp³-hybridized carbons (Fsp3) is 0.533. The average Bonchev–Trinajstić information content (AvgIpc) is 2.45. The largest absolute Gasteiger partial charge is 0.508 e. The Kier molecular flexibility index (Phi) is 4.84. The Bertz CT molecular complexity index is 470. The highest BCUT2D eigenvalue weighted by Crippen LogP contribution is 2.25. The Morgan fingerprint density at radius 3 is 2.65 bits per heavy atom. The van der Waals surface area contributed by atoms with Crippen LogP contribution in [0.4, 0.5) is 0 Å². The monoisotopic (exact) mass is 278 g/mol. The highest BCUT2D eigenvalue weighted by Gasteiger charge is 2.27. The molecule has 0 radical (unpaired) electrons. The average molecular weight is 278 g/mol. The summed E-state index contributed by atoms with van der Waals surface area (Å²) in [6, 6.07) is 4.34. The lowest BCUT2D eigenvalue weighted by Crippen LogP contribution is -2.46. The van der Waals surface area contributed by atoms with Gasteiger partial charge in [-0.3, -0.25) is 4.79 Å². The quantitative estimate of drug-likeness (QED) is 0.784. The van der Waals surface area contributed by atoms with E-state index in [0.29, 0.717) is 6.54 Å². The molecule has 0 unspecified atom stereocenters. The van der Waals surface area contributed by atoms with E-state index >= 15 is 0 Å². The lowest BCUT2D eigenvalue weighted by atomic mass is 10.0. The first-order valence-electron chi connectivity index (χ1n) is 7.17. The number of nitrogens with one attached hydrogen (secondary N) is 1. The number of aromatic hydroxyl groups is 2. The highest BCUT2D eigenvalue weighted by atomic mass is 16.3. The number of phenolic OH excluding ortho intramolecular Hbond substituents is 2. The molecule has 0 atom stereocenters. The van der Waals surface area contributed by atoms with E-state index in [1.54, 1.807) is 0 Å². The number of carbonyl (C=O) groups is 1. The molecule has 1 aromatic carbocycles. The van der Waals surface area contributed by atoms with Crippen LogP contribution in [0.25, 0.3) is 0 Å². The van der Waals surface area contributed by atoms with E-state index in [9.17, 15) is 15.0 Å². The van der Waals surface area contributed by atoms with Gasteiger partial charge in [-0.25, -0.2) is 0 Å². The molecule has 0 spiro atoms. The zero-order valence-electron chi connectivity index (χ0n) is 11.8. The summed E-state index contributed by atoms with van der Waals surface area (Å²) in [6.45, 7) is 4.56. The van der Waals surface area contributed by atoms with Crippen LogP contribution in [-0.2, 0) is 0 Å². The Balaban J connectivity index is 2.21. The van der Waals surface area contributed by atoms with Crippen LogP contribution in [0.3, 0.4) is 0 Å². The molecule has 0 bridgehead atoms. The third-order valence-electron chi connectivity index (χ3n) is 3.69. The number of hydrogen-bond acceptors (Lipinski definition) is 4. The van der Waals surface area contributed by atoms with Crippen LogP contribution in [0.1, 0.15) is 36.5 Å². The van der Waals surface area contributed by atoms with Crippen LogP contribution < -0.4 is 5.32 Å². The van der Waals surface area contributed by atoms with Gasteiger partial charge in [-0.1, -0.05) is 6.92 Å². The number of hydrogen-bond donors (Lipinski definition) is 3. The lowest BCUT2D eigenvalue weighted by molar-refractivity contribution is 0.0639. The Labute approximate surface area is 119 Å². The third-order valence-corrected chi connectivity index (χ3v) is 3.69. The van der Waals surface area contributed by atoms with E-state index < -0.39 is 0 Å². The molecule has 0 aromatic heterocycles. The first-order valence-corrected chi connectivity index (χ1v) is 7.17. The molecule has 1 fully saturated rings. The van der Waals surface area contributed by atoms with E-state index in [-0.39, 0.29) is 29.0 Å². The summed E-state index contributed by atoms with van der Waals surface area (Å²) in [4.78, 5) is 14.5. The second-order valence-electron chi connectivity index (χ2n) is 5.18. The lowest BCUT2D eigenvalue weighted by Gasteiger charge is -2.34. The van der Waals surface area contributed by atoms with Gasteiger partial charge in [0, 0.05) is 18.7 Å². The van der Waals surface area contributed by atoms with Gasteiger partial charge in [0.25, 0.3) is 5.91 Å². The Morgan fingerprint density at radius 2 is 2.05 bits per heavy atom. The molecule has 1 aliphatic heterocycles. The molecule has 0 saturated carbocycles. The standard InChI is InChI=1S/C15H22N2O3/c1-2-9-17(11-5-7-16-8-6-11)15(20)13-4-3-12(18)10-14(13)19/h3-4,10-11,16,18-19H,2,5-9H2,1H3. The van der Waals surface area contributed by atoms with Crippen molar-refractivity contribution in [2.24, 2.45) is 0 Å². The normalized spacial score (nSPS) is 16.1. The van der Waals surface area contributed by atoms with Crippen molar-refractivity contribution < 1.29 is 15.0 Å². The summed E-state index contributed by atoms with van der Waals surface area (Å²) < 4.78 is 0. The van der Waals surface area contributed by atoms with Crippen LogP contribution >= 0.6 is 0 Å². The molecule has 5 heteroatoms. The Morgan fingerprint density at radius 1 is 1.35 bits per heavy atom. The van der Waals surface area contributed by atoms with Gasteiger partial charge in [-0.05, 0) is 44.5 Å². The molecule has 1 saturated heterocycles. The minimum Gasteiger partial charge on any atom is -0.508 e. The molecular weight excluding hydrogens is 256 g/mol. The van der Waals surface area contributed by atoms with E-state index in [0.717, 1.165) is 32.4 Å². The molecule has 1 amide bonds. The summed E-state index contributed by atoms with van der Waals surface area (Å²) in [7, 11) is 0. The molecule has 5 nitrogen and oxygen atoms in total. The predicted molar refractivity (Wildman–Crippen MR) is 77.0 cm³/mol. The molecule has 0 aliphatic carbocycles. The summed E-state index contributed by atoms with van der Waals surface area (Å²) >= 11 is 0. The zero-order valence-corrected chi connectivity index (χ0v) is 11.8. The topological polar surface area (TPSA) is 72.8 Å². The zero-order chi connectivity index (χ0) is 14.5. The van der Waals surface area contributed by atoms with Crippen LogP contribution in [0.2, 0.25) is 0 Å². The first kappa shape index (κ1) is 14.7. The number of carbonyl (C=O) groups excluding carboxylic acids is 1. The van der Waals surface area contributed by atoms with Crippen molar-refractivity contribution in [3.05, 3.63) is 23.8 Å². The van der Waals surface area contributed by atoms with Crippen molar-refractivity contribution in [3.8, 4) is 11.5 Å². The van der Waals surface area contributed by atoms with Crippen molar-refractivity contribution >= 4 is 5.91 Å². The molecule has 110 valence electrons. The van der Waals surface area contributed by atoms with Gasteiger partial charge >= 0.3 is 0 Å². The fourth-order valence-electron chi connectivity index (χ4n) is 2.66. The molecular formula is C15H22N2O3. The first-order chi connectivity index (χ1) is 9.63. The SMILES string of the molecule is CCCN(C(=O)c1ccc(O)cc1O)C1CCNCC1. The van der Waals surface area contributed by atoms with Crippen molar-refractivity contribution in [3.63, 3.8) is 0 Å². The van der Waals surface area contributed by atoms with Gasteiger partial charge in [-0.15, -0.1) is 0 Å². The maximum atomic E-state index is 12.6. The molecule has 2 rings (SSSR count). The van der Waals surface area contributed by atoms with E-state index in [1.165, 1.54) is 18.2 Å². The van der Waals surface area contributed by atoms with Gasteiger partial charge in [0.05, 0.1) is 5.56 Å². The van der Waals surface area contributed by atoms with Crippen LogP contribution in [0.5, 0.6) is 11.5 Å². The summed E-state index contributed by atoms with van der Waals surface area (Å²) in [5.74, 6) is -0.357. The maximum Gasteiger partial charge on any atom is 0.257 e. The summed E-state index contributed by atoms with van der Waals surface area (Å²) in [6.07, 6.45) is 2.75. The van der Waals surface area contributed by atoms with E-state index in [4.69, 9.17) is 0 Å². The number of piperidine rings is 1. The number of benzene rings is 1. The molecule has 1 heterocycles. The number of phenols is 2. The van der Waals surface area contributed by atoms with Crippen LogP contribution in [0.15, 0.2) is 18.2 Å². The minimum atomic E-state index is -0.162. The van der Waals surface area contributed by atoms with Crippen molar-refractivity contribution in [2.45, 2.75) is 32.2 Å². The van der Waals surface area contributed by atoms with Gasteiger partial charge < -0.3 is 20.4 Å². The smallest absolute Gasteiger partial charge is 0.257 e. The number of rotatable bonds is 4. The molecule has 1 aromatic rings. The Hall–Kier alpha value is -1.75. The van der Waals surface area contributed by atoms with Gasteiger partial charge in [0.2, 0.25) is 0 Å².